The number of fused-ring (bicyclic) bond motifs is 1. The summed E-state index contributed by atoms with van der Waals surface area (Å²) >= 11 is 0. The molecule has 0 fully saturated rings. The normalized spacial score (nSPS) is 10.9. The van der Waals surface area contributed by atoms with Crippen LogP contribution in [0.1, 0.15) is 31.1 Å². The van der Waals surface area contributed by atoms with Crippen molar-refractivity contribution in [1.29, 1.82) is 0 Å². The molecule has 0 aliphatic heterocycles. The van der Waals surface area contributed by atoms with Crippen LogP contribution >= 0.6 is 0 Å². The fourth-order valence-electron chi connectivity index (χ4n) is 4.76. The van der Waals surface area contributed by atoms with Gasteiger partial charge in [-0.15, -0.1) is 5.11 Å². The van der Waals surface area contributed by atoms with Gasteiger partial charge in [0.2, 0.25) is 0 Å². The third-order valence-electron chi connectivity index (χ3n) is 7.08. The number of rotatable bonds is 8. The molecule has 0 radical (unpaired) electrons. The van der Waals surface area contributed by atoms with Crippen LogP contribution in [-0.2, 0) is 0 Å². The van der Waals surface area contributed by atoms with E-state index in [4.69, 9.17) is 0 Å². The molecule has 9 heteroatoms. The number of amides is 3. The van der Waals surface area contributed by atoms with E-state index in [1.165, 1.54) is 0 Å². The van der Waals surface area contributed by atoms with Crippen molar-refractivity contribution in [2.24, 2.45) is 10.2 Å². The molecule has 0 heterocycles. The predicted octanol–water partition coefficient (Wildman–Crippen LogP) is 8.72. The van der Waals surface area contributed by atoms with Crippen LogP contribution in [0.25, 0.3) is 10.8 Å². The zero-order chi connectivity index (χ0) is 31.9. The predicted molar refractivity (Wildman–Crippen MR) is 179 cm³/mol. The summed E-state index contributed by atoms with van der Waals surface area (Å²) in [4.78, 5) is 38.6. The number of aromatic hydroxyl groups is 1. The van der Waals surface area contributed by atoms with Gasteiger partial charge in [-0.2, -0.15) is 5.11 Å². The van der Waals surface area contributed by atoms with Crippen molar-refractivity contribution in [3.8, 4) is 5.75 Å². The maximum absolute atomic E-state index is 13.4. The lowest BCUT2D eigenvalue weighted by Crippen LogP contribution is -2.13. The van der Waals surface area contributed by atoms with E-state index >= 15 is 0 Å². The number of carbonyl (C=O) groups is 3. The second-order valence-electron chi connectivity index (χ2n) is 10.3. The fraction of sp³-hybridized carbons (Fsp3) is 0. The smallest absolute Gasteiger partial charge is 0.259 e. The molecule has 0 unspecified atom stereocenters. The number of phenols is 1. The number of azo groups is 1. The molecule has 3 amide bonds. The van der Waals surface area contributed by atoms with Crippen molar-refractivity contribution >= 4 is 56.9 Å². The minimum absolute atomic E-state index is 0.00472. The van der Waals surface area contributed by atoms with Gasteiger partial charge < -0.3 is 21.1 Å². The molecule has 0 atom stereocenters. The highest BCUT2D eigenvalue weighted by atomic mass is 16.3. The van der Waals surface area contributed by atoms with Gasteiger partial charge >= 0.3 is 0 Å². The Kier molecular flexibility index (Phi) is 8.55. The van der Waals surface area contributed by atoms with E-state index in [1.54, 1.807) is 103 Å². The zero-order valence-corrected chi connectivity index (χ0v) is 24.3. The van der Waals surface area contributed by atoms with Crippen molar-refractivity contribution in [2.75, 3.05) is 16.0 Å². The molecule has 0 bridgehead atoms. The Morgan fingerprint density at radius 2 is 1.04 bits per heavy atom. The summed E-state index contributed by atoms with van der Waals surface area (Å²) in [5, 5.41) is 29.6. The van der Waals surface area contributed by atoms with Gasteiger partial charge in [0.05, 0.1) is 11.3 Å². The summed E-state index contributed by atoms with van der Waals surface area (Å²) in [5.74, 6) is -1.45. The van der Waals surface area contributed by atoms with Gasteiger partial charge in [-0.3, -0.25) is 14.4 Å². The molecular weight excluding hydrogens is 578 g/mol. The molecule has 0 aliphatic rings. The Bertz CT molecular complexity index is 2080. The Morgan fingerprint density at radius 3 is 1.74 bits per heavy atom. The average Bonchev–Trinajstić information content (AvgIpc) is 3.09. The largest absolute Gasteiger partial charge is 0.505 e. The highest BCUT2D eigenvalue weighted by Gasteiger charge is 2.19. The molecule has 224 valence electrons. The molecule has 46 heavy (non-hydrogen) atoms. The summed E-state index contributed by atoms with van der Waals surface area (Å²) in [6, 6.07) is 40.0. The second kappa shape index (κ2) is 13.4. The van der Waals surface area contributed by atoms with Gasteiger partial charge in [0.25, 0.3) is 17.7 Å². The quantitative estimate of drug-likeness (QED) is 0.129. The van der Waals surface area contributed by atoms with Gasteiger partial charge in [0.1, 0.15) is 5.69 Å². The second-order valence-corrected chi connectivity index (χ2v) is 10.3. The number of nitrogens with one attached hydrogen (secondary N) is 3. The number of anilines is 3. The van der Waals surface area contributed by atoms with Crippen LogP contribution in [0.15, 0.2) is 150 Å². The van der Waals surface area contributed by atoms with Crippen LogP contribution < -0.4 is 16.0 Å². The first kappa shape index (κ1) is 29.5. The SMILES string of the molecule is O=C(Nc1ccc(NC(=O)c2cc3ccccc3c(/N=N/c3cccc(C(=O)Nc4ccccc4)c3)c2O)cc1)c1ccccc1. The topological polar surface area (TPSA) is 132 Å². The Balaban J connectivity index is 1.21. The highest BCUT2D eigenvalue weighted by molar-refractivity contribution is 6.12. The Labute approximate surface area is 264 Å². The Hall–Kier alpha value is -6.61. The van der Waals surface area contributed by atoms with E-state index in [0.717, 1.165) is 0 Å². The van der Waals surface area contributed by atoms with Gasteiger partial charge in [0, 0.05) is 33.6 Å². The van der Waals surface area contributed by atoms with Crippen molar-refractivity contribution < 1.29 is 19.5 Å². The number of hydrogen-bond acceptors (Lipinski definition) is 6. The lowest BCUT2D eigenvalue weighted by atomic mass is 10.0. The fourth-order valence-corrected chi connectivity index (χ4v) is 4.76. The summed E-state index contributed by atoms with van der Waals surface area (Å²) in [6.45, 7) is 0. The van der Waals surface area contributed by atoms with E-state index in [9.17, 15) is 19.5 Å². The van der Waals surface area contributed by atoms with Crippen LogP contribution in [0, 0.1) is 0 Å². The minimum atomic E-state index is -0.555. The van der Waals surface area contributed by atoms with E-state index in [0.29, 0.717) is 44.6 Å². The van der Waals surface area contributed by atoms with Crippen molar-refractivity contribution in [3.05, 3.63) is 156 Å². The summed E-state index contributed by atoms with van der Waals surface area (Å²) < 4.78 is 0. The van der Waals surface area contributed by atoms with Crippen LogP contribution in [0.2, 0.25) is 0 Å². The first-order chi connectivity index (χ1) is 22.4. The summed E-state index contributed by atoms with van der Waals surface area (Å²) in [6.07, 6.45) is 0. The van der Waals surface area contributed by atoms with E-state index < -0.39 is 5.91 Å². The molecule has 6 rings (SSSR count). The maximum Gasteiger partial charge on any atom is 0.259 e. The highest BCUT2D eigenvalue weighted by Crippen LogP contribution is 2.39. The first-order valence-electron chi connectivity index (χ1n) is 14.4. The van der Waals surface area contributed by atoms with E-state index in [1.807, 2.05) is 36.4 Å². The molecule has 9 nitrogen and oxygen atoms in total. The summed E-state index contributed by atoms with van der Waals surface area (Å²) in [5.41, 5.74) is 3.10. The summed E-state index contributed by atoms with van der Waals surface area (Å²) in [7, 11) is 0. The number of phenolic OH excluding ortho intramolecular Hbond substituents is 1. The molecule has 0 aromatic heterocycles. The van der Waals surface area contributed by atoms with Crippen LogP contribution in [0.5, 0.6) is 5.75 Å². The molecule has 0 saturated carbocycles. The lowest BCUT2D eigenvalue weighted by Gasteiger charge is -2.12. The number of para-hydroxylation sites is 1. The molecule has 4 N–H and O–H groups in total. The number of hydrogen-bond donors (Lipinski definition) is 4. The van der Waals surface area contributed by atoms with Crippen LogP contribution in [0.3, 0.4) is 0 Å². The van der Waals surface area contributed by atoms with E-state index in [2.05, 4.69) is 26.2 Å². The average molecular weight is 606 g/mol. The zero-order valence-electron chi connectivity index (χ0n) is 24.3. The van der Waals surface area contributed by atoms with Crippen molar-refractivity contribution in [1.82, 2.24) is 0 Å². The molecule has 0 spiro atoms. The third-order valence-corrected chi connectivity index (χ3v) is 7.08. The minimum Gasteiger partial charge on any atom is -0.505 e. The first-order valence-corrected chi connectivity index (χ1v) is 14.4. The maximum atomic E-state index is 13.4. The van der Waals surface area contributed by atoms with Gasteiger partial charge in [-0.1, -0.05) is 66.7 Å². The number of nitrogens with zero attached hydrogens (tertiary/aromatic N) is 2. The third kappa shape index (κ3) is 6.79. The molecule has 6 aromatic rings. The molecular formula is C37H27N5O4. The van der Waals surface area contributed by atoms with Gasteiger partial charge in [-0.25, -0.2) is 0 Å². The van der Waals surface area contributed by atoms with Crippen LogP contribution in [0.4, 0.5) is 28.4 Å². The Morgan fingerprint density at radius 1 is 0.500 bits per heavy atom. The molecule has 0 saturated heterocycles. The number of benzene rings is 6. The lowest BCUT2D eigenvalue weighted by molar-refractivity contribution is 0.101. The molecule has 0 aliphatic carbocycles. The molecule has 6 aromatic carbocycles. The van der Waals surface area contributed by atoms with Gasteiger partial charge in [0.15, 0.2) is 5.75 Å². The number of carbonyl (C=O) groups excluding carboxylic acids is 3. The monoisotopic (exact) mass is 605 g/mol. The standard InChI is InChI=1S/C37H27N5O4/c43-34-32(37(46)40-29-20-18-28(19-21-29)39-35(44)24-10-3-1-4-11-24)23-25-12-7-8-17-31(25)33(34)42-41-30-16-9-13-26(22-30)36(45)38-27-14-5-2-6-15-27/h1-23,43H,(H,38,45)(H,39,44)(H,40,46)/b42-41+. The van der Waals surface area contributed by atoms with Crippen molar-refractivity contribution in [2.45, 2.75) is 0 Å². The van der Waals surface area contributed by atoms with Crippen molar-refractivity contribution in [3.63, 3.8) is 0 Å². The van der Waals surface area contributed by atoms with Gasteiger partial charge in [-0.05, 0) is 78.2 Å². The van der Waals surface area contributed by atoms with E-state index in [-0.39, 0.29) is 28.8 Å². The van der Waals surface area contributed by atoms with Crippen LogP contribution in [-0.4, -0.2) is 22.8 Å².